The van der Waals surface area contributed by atoms with Crippen molar-refractivity contribution < 1.29 is 4.79 Å². The number of rotatable bonds is 4. The Kier molecular flexibility index (Phi) is 6.17. The number of carbonyl (C=O) groups is 1. The van der Waals surface area contributed by atoms with Gasteiger partial charge in [0.25, 0.3) is 5.91 Å². The average molecular weight is 372 g/mol. The number of nitrogens with zero attached hydrogens (tertiary/aromatic N) is 2. The van der Waals surface area contributed by atoms with Gasteiger partial charge in [-0.3, -0.25) is 15.1 Å². The maximum atomic E-state index is 12.6. The molecule has 2 N–H and O–H groups in total. The van der Waals surface area contributed by atoms with Gasteiger partial charge in [-0.05, 0) is 68.3 Å². The molecular formula is C23H24N4O. The van der Waals surface area contributed by atoms with E-state index in [4.69, 9.17) is 0 Å². The highest BCUT2D eigenvalue weighted by Gasteiger charge is 2.10. The summed E-state index contributed by atoms with van der Waals surface area (Å²) in [6.07, 6.45) is 1.73. The van der Waals surface area contributed by atoms with Gasteiger partial charge in [0.2, 0.25) is 5.96 Å². The second kappa shape index (κ2) is 8.95. The molecule has 0 saturated heterocycles. The van der Waals surface area contributed by atoms with E-state index >= 15 is 0 Å². The van der Waals surface area contributed by atoms with Gasteiger partial charge in [-0.15, -0.1) is 0 Å². The lowest BCUT2D eigenvalue weighted by Gasteiger charge is -2.13. The first-order valence-electron chi connectivity index (χ1n) is 9.18. The minimum absolute atomic E-state index is 0.212. The Morgan fingerprint density at radius 2 is 1.75 bits per heavy atom. The monoisotopic (exact) mass is 372 g/mol. The lowest BCUT2D eigenvalue weighted by Crippen LogP contribution is -2.36. The molecule has 0 aliphatic rings. The number of carbonyl (C=O) groups excluding carboxylic acids is 1. The van der Waals surface area contributed by atoms with Crippen LogP contribution in [0.2, 0.25) is 0 Å². The number of benzene rings is 2. The summed E-state index contributed by atoms with van der Waals surface area (Å²) >= 11 is 0. The first-order chi connectivity index (χ1) is 13.5. The fourth-order valence-corrected chi connectivity index (χ4v) is 2.60. The highest BCUT2D eigenvalue weighted by molar-refractivity contribution is 6.10. The van der Waals surface area contributed by atoms with Crippen molar-refractivity contribution in [3.63, 3.8) is 0 Å². The molecule has 0 aliphatic heterocycles. The normalized spacial score (nSPS) is 11.2. The van der Waals surface area contributed by atoms with Crippen molar-refractivity contribution in [3.8, 4) is 0 Å². The first-order valence-corrected chi connectivity index (χ1v) is 9.18. The number of hydrogen-bond acceptors (Lipinski definition) is 3. The van der Waals surface area contributed by atoms with E-state index in [1.165, 1.54) is 11.1 Å². The third-order valence-corrected chi connectivity index (χ3v) is 4.44. The number of aliphatic imine (C=N–C) groups is 1. The van der Waals surface area contributed by atoms with Crippen LogP contribution in [-0.2, 0) is 6.54 Å². The van der Waals surface area contributed by atoms with Crippen molar-refractivity contribution in [2.24, 2.45) is 4.99 Å². The van der Waals surface area contributed by atoms with Crippen molar-refractivity contribution in [1.82, 2.24) is 10.3 Å². The molecule has 1 aromatic heterocycles. The molecule has 0 unspecified atom stereocenters. The molecule has 0 bridgehead atoms. The molecule has 0 saturated carbocycles. The van der Waals surface area contributed by atoms with Crippen molar-refractivity contribution in [2.75, 3.05) is 5.32 Å². The topological polar surface area (TPSA) is 66.4 Å². The molecule has 5 heteroatoms. The third kappa shape index (κ3) is 5.27. The summed E-state index contributed by atoms with van der Waals surface area (Å²) in [5, 5.41) is 6.10. The molecule has 0 atom stereocenters. The van der Waals surface area contributed by atoms with E-state index in [2.05, 4.69) is 34.5 Å². The lowest BCUT2D eigenvalue weighted by atomic mass is 10.1. The molecule has 0 spiro atoms. The van der Waals surface area contributed by atoms with Gasteiger partial charge >= 0.3 is 0 Å². The Morgan fingerprint density at radius 1 is 0.964 bits per heavy atom. The van der Waals surface area contributed by atoms with Crippen LogP contribution in [0, 0.1) is 20.8 Å². The van der Waals surface area contributed by atoms with E-state index in [0.29, 0.717) is 18.1 Å². The van der Waals surface area contributed by atoms with E-state index in [1.807, 2.05) is 55.5 Å². The van der Waals surface area contributed by atoms with Crippen molar-refractivity contribution in [2.45, 2.75) is 27.3 Å². The van der Waals surface area contributed by atoms with Crippen LogP contribution < -0.4 is 10.6 Å². The van der Waals surface area contributed by atoms with E-state index in [9.17, 15) is 4.79 Å². The predicted molar refractivity (Wildman–Crippen MR) is 114 cm³/mol. The number of pyridine rings is 1. The summed E-state index contributed by atoms with van der Waals surface area (Å²) in [5.74, 6) is 0.176. The lowest BCUT2D eigenvalue weighted by molar-refractivity contribution is 0.0977. The van der Waals surface area contributed by atoms with Crippen LogP contribution in [0.1, 0.15) is 32.7 Å². The predicted octanol–water partition coefficient (Wildman–Crippen LogP) is 4.40. The van der Waals surface area contributed by atoms with Crippen molar-refractivity contribution in [3.05, 3.63) is 94.8 Å². The number of aromatic nitrogens is 1. The standard InChI is InChI=1S/C23H24N4O/c1-16-7-10-19(11-8-16)22(28)27-23(25-15-21-6-4-5-13-24-21)26-20-12-9-17(2)18(3)14-20/h4-14H,15H2,1-3H3,(H2,25,26,27,28). The summed E-state index contributed by atoms with van der Waals surface area (Å²) in [5.41, 5.74) is 5.76. The molecule has 1 amide bonds. The quantitative estimate of drug-likeness (QED) is 0.527. The van der Waals surface area contributed by atoms with Crippen LogP contribution >= 0.6 is 0 Å². The van der Waals surface area contributed by atoms with Crippen LogP contribution in [0.5, 0.6) is 0 Å². The largest absolute Gasteiger partial charge is 0.326 e. The van der Waals surface area contributed by atoms with Gasteiger partial charge in [-0.2, -0.15) is 0 Å². The molecule has 3 aromatic rings. The zero-order chi connectivity index (χ0) is 19.9. The molecule has 1 heterocycles. The fourth-order valence-electron chi connectivity index (χ4n) is 2.60. The Balaban J connectivity index is 1.81. The minimum atomic E-state index is -0.212. The Morgan fingerprint density at radius 3 is 2.43 bits per heavy atom. The van der Waals surface area contributed by atoms with Crippen LogP contribution in [0.4, 0.5) is 5.69 Å². The molecule has 0 fully saturated rings. The number of nitrogens with one attached hydrogen (secondary N) is 2. The van der Waals surface area contributed by atoms with Gasteiger partial charge in [0, 0.05) is 17.4 Å². The molecule has 5 nitrogen and oxygen atoms in total. The van der Waals surface area contributed by atoms with Gasteiger partial charge in [0.15, 0.2) is 0 Å². The number of guanidine groups is 1. The molecule has 142 valence electrons. The number of hydrogen-bond donors (Lipinski definition) is 2. The van der Waals surface area contributed by atoms with Gasteiger partial charge in [-0.25, -0.2) is 4.99 Å². The summed E-state index contributed by atoms with van der Waals surface area (Å²) in [6.45, 7) is 6.47. The summed E-state index contributed by atoms with van der Waals surface area (Å²) in [7, 11) is 0. The zero-order valence-corrected chi connectivity index (χ0v) is 16.4. The van der Waals surface area contributed by atoms with E-state index < -0.39 is 0 Å². The first kappa shape index (κ1) is 19.3. The summed E-state index contributed by atoms with van der Waals surface area (Å²) in [4.78, 5) is 21.5. The van der Waals surface area contributed by atoms with Crippen LogP contribution in [0.3, 0.4) is 0 Å². The van der Waals surface area contributed by atoms with Gasteiger partial charge in [0.1, 0.15) is 0 Å². The van der Waals surface area contributed by atoms with Crippen LogP contribution in [-0.4, -0.2) is 16.9 Å². The average Bonchev–Trinajstić information content (AvgIpc) is 2.70. The van der Waals surface area contributed by atoms with Gasteiger partial charge in [0.05, 0.1) is 12.2 Å². The summed E-state index contributed by atoms with van der Waals surface area (Å²) in [6, 6.07) is 19.1. The van der Waals surface area contributed by atoms with Gasteiger partial charge < -0.3 is 5.32 Å². The molecule has 28 heavy (non-hydrogen) atoms. The maximum Gasteiger partial charge on any atom is 0.257 e. The number of anilines is 1. The number of amides is 1. The SMILES string of the molecule is Cc1ccc(C(=O)NC(=NCc2ccccn2)Nc2ccc(C)c(C)c2)cc1. The van der Waals surface area contributed by atoms with E-state index in [1.54, 1.807) is 18.3 Å². The molecule has 2 aromatic carbocycles. The Labute approximate surface area is 165 Å². The highest BCUT2D eigenvalue weighted by atomic mass is 16.1. The second-order valence-corrected chi connectivity index (χ2v) is 6.73. The Bertz CT molecular complexity index is 979. The second-order valence-electron chi connectivity index (χ2n) is 6.73. The maximum absolute atomic E-state index is 12.6. The smallest absolute Gasteiger partial charge is 0.257 e. The van der Waals surface area contributed by atoms with E-state index in [0.717, 1.165) is 16.9 Å². The molecular weight excluding hydrogens is 348 g/mol. The van der Waals surface area contributed by atoms with Crippen LogP contribution in [0.15, 0.2) is 71.9 Å². The fraction of sp³-hybridized carbons (Fsp3) is 0.174. The minimum Gasteiger partial charge on any atom is -0.326 e. The van der Waals surface area contributed by atoms with Gasteiger partial charge in [-0.1, -0.05) is 29.8 Å². The van der Waals surface area contributed by atoms with Crippen molar-refractivity contribution in [1.29, 1.82) is 0 Å². The third-order valence-electron chi connectivity index (χ3n) is 4.44. The number of aryl methyl sites for hydroxylation is 3. The van der Waals surface area contributed by atoms with Crippen LogP contribution in [0.25, 0.3) is 0 Å². The Hall–Kier alpha value is -3.47. The molecule has 0 aliphatic carbocycles. The van der Waals surface area contributed by atoms with Crippen molar-refractivity contribution >= 4 is 17.6 Å². The van der Waals surface area contributed by atoms with E-state index in [-0.39, 0.29) is 5.91 Å². The zero-order valence-electron chi connectivity index (χ0n) is 16.4. The summed E-state index contributed by atoms with van der Waals surface area (Å²) < 4.78 is 0. The molecule has 0 radical (unpaired) electrons. The molecule has 3 rings (SSSR count). The highest BCUT2D eigenvalue weighted by Crippen LogP contribution is 2.14.